The number of ether oxygens (including phenoxy) is 2. The average molecular weight is 610 g/mol. The van der Waals surface area contributed by atoms with E-state index in [1.54, 1.807) is 38.1 Å². The quantitative estimate of drug-likeness (QED) is 0.100. The van der Waals surface area contributed by atoms with E-state index < -0.39 is 17.9 Å². The van der Waals surface area contributed by atoms with Gasteiger partial charge in [-0.3, -0.25) is 4.79 Å². The highest BCUT2D eigenvalue weighted by atomic mass is 127. The molecule has 3 rings (SSSR count). The second-order valence-electron chi connectivity index (χ2n) is 7.27. The zero-order valence-corrected chi connectivity index (χ0v) is 21.8. The second kappa shape index (κ2) is 11.8. The van der Waals surface area contributed by atoms with Gasteiger partial charge in [0.1, 0.15) is 17.2 Å². The summed E-state index contributed by atoms with van der Waals surface area (Å²) in [5, 5.41) is 29.6. The number of hydrazone groups is 1. The van der Waals surface area contributed by atoms with Gasteiger partial charge in [-0.2, -0.15) is 5.10 Å². The van der Waals surface area contributed by atoms with Crippen molar-refractivity contribution in [3.63, 3.8) is 0 Å². The number of nitrogens with one attached hydrogen (secondary N) is 3. The Kier molecular flexibility index (Phi) is 8.87. The number of aromatic hydroxyl groups is 2. The van der Waals surface area contributed by atoms with Crippen LogP contribution in [-0.4, -0.2) is 46.6 Å². The number of hydrogen-bond donors (Lipinski definition) is 5. The fourth-order valence-electron chi connectivity index (χ4n) is 3.28. The minimum atomic E-state index is -0.639. The second-order valence-corrected chi connectivity index (χ2v) is 8.84. The number of esters is 1. The van der Waals surface area contributed by atoms with Crippen LogP contribution in [0.3, 0.4) is 0 Å². The number of hydrogen-bond acceptors (Lipinski definition) is 8. The predicted octanol–water partition coefficient (Wildman–Crippen LogP) is 2.59. The first-order chi connectivity index (χ1) is 16.7. The Hall–Kier alpha value is -3.39. The number of benzene rings is 2. The van der Waals surface area contributed by atoms with Gasteiger partial charge >= 0.3 is 5.97 Å². The molecule has 35 heavy (non-hydrogen) atoms. The summed E-state index contributed by atoms with van der Waals surface area (Å²) in [5.41, 5.74) is 4.15. The molecule has 0 spiro atoms. The van der Waals surface area contributed by atoms with E-state index in [9.17, 15) is 19.8 Å². The van der Waals surface area contributed by atoms with E-state index in [0.717, 1.165) is 0 Å². The van der Waals surface area contributed by atoms with Crippen molar-refractivity contribution in [3.05, 3.63) is 62.4 Å². The normalized spacial score (nSPS) is 15.4. The maximum atomic E-state index is 12.6. The number of thiocarbonyl (C=S) groups is 1. The number of nitrogens with zero attached hydrogens (tertiary/aromatic N) is 1. The van der Waals surface area contributed by atoms with Gasteiger partial charge in [-0.25, -0.2) is 10.2 Å². The number of halogens is 1. The molecule has 0 radical (unpaired) electrons. The van der Waals surface area contributed by atoms with E-state index in [0.29, 0.717) is 36.8 Å². The first-order valence-electron chi connectivity index (χ1n) is 10.4. The number of allylic oxidation sites excluding steroid dienone is 1. The Morgan fingerprint density at radius 2 is 2.00 bits per heavy atom. The topological polar surface area (TPSA) is 142 Å². The van der Waals surface area contributed by atoms with E-state index in [1.165, 1.54) is 18.3 Å². The molecule has 0 unspecified atom stereocenters. The minimum Gasteiger partial charge on any atom is -0.507 e. The van der Waals surface area contributed by atoms with Gasteiger partial charge in [0.25, 0.3) is 5.91 Å². The van der Waals surface area contributed by atoms with Crippen molar-refractivity contribution in [2.45, 2.75) is 19.9 Å². The zero-order valence-electron chi connectivity index (χ0n) is 18.8. The van der Waals surface area contributed by atoms with E-state index in [4.69, 9.17) is 21.7 Å². The molecule has 1 heterocycles. The Morgan fingerprint density at radius 1 is 1.26 bits per heavy atom. The molecule has 0 saturated carbocycles. The van der Waals surface area contributed by atoms with Crippen molar-refractivity contribution in [2.24, 2.45) is 5.10 Å². The van der Waals surface area contributed by atoms with Gasteiger partial charge in [0.05, 0.1) is 28.0 Å². The lowest BCUT2D eigenvalue weighted by Crippen LogP contribution is -2.45. The number of para-hydroxylation sites is 1. The lowest BCUT2D eigenvalue weighted by atomic mass is 9.95. The highest BCUT2D eigenvalue weighted by molar-refractivity contribution is 14.1. The number of amides is 1. The molecule has 0 fully saturated rings. The maximum Gasteiger partial charge on any atom is 0.338 e. The molecule has 0 saturated heterocycles. The van der Waals surface area contributed by atoms with Gasteiger partial charge in [-0.15, -0.1) is 0 Å². The first-order valence-corrected chi connectivity index (χ1v) is 11.9. The van der Waals surface area contributed by atoms with E-state index in [1.807, 2.05) is 22.6 Å². The van der Waals surface area contributed by atoms with Crippen LogP contribution in [0.2, 0.25) is 0 Å². The Morgan fingerprint density at radius 3 is 2.74 bits per heavy atom. The third-order valence-corrected chi connectivity index (χ3v) is 5.93. The molecule has 12 heteroatoms. The number of rotatable bonds is 8. The van der Waals surface area contributed by atoms with Crippen LogP contribution >= 0.6 is 34.8 Å². The van der Waals surface area contributed by atoms with Crippen molar-refractivity contribution in [1.82, 2.24) is 16.1 Å². The van der Waals surface area contributed by atoms with Gasteiger partial charge in [-0.1, -0.05) is 18.2 Å². The van der Waals surface area contributed by atoms with Crippen molar-refractivity contribution < 1.29 is 29.3 Å². The Labute approximate surface area is 220 Å². The summed E-state index contributed by atoms with van der Waals surface area (Å²) >= 11 is 7.17. The molecule has 1 aliphatic rings. The molecule has 2 aromatic rings. The van der Waals surface area contributed by atoms with Gasteiger partial charge in [0, 0.05) is 22.9 Å². The lowest BCUT2D eigenvalue weighted by Gasteiger charge is -2.30. The molecule has 1 aliphatic heterocycles. The Balaban J connectivity index is 1.72. The molecule has 0 aromatic heterocycles. The summed E-state index contributed by atoms with van der Waals surface area (Å²) in [6.07, 6.45) is 1.25. The Bertz CT molecular complexity index is 1220. The molecule has 184 valence electrons. The van der Waals surface area contributed by atoms with Crippen molar-refractivity contribution in [3.8, 4) is 17.2 Å². The molecule has 1 amide bonds. The smallest absolute Gasteiger partial charge is 0.338 e. The number of carbonyl (C=O) groups excluding carboxylic acids is 2. The van der Waals surface area contributed by atoms with Crippen LogP contribution in [0.1, 0.15) is 31.0 Å². The average Bonchev–Trinajstić information content (AvgIpc) is 2.80. The van der Waals surface area contributed by atoms with Crippen molar-refractivity contribution >= 4 is 58.0 Å². The van der Waals surface area contributed by atoms with Crippen LogP contribution in [-0.2, 0) is 14.3 Å². The first kappa shape index (κ1) is 26.2. The van der Waals surface area contributed by atoms with Crippen LogP contribution in [0.25, 0.3) is 0 Å². The standard InChI is InChI=1S/C23H23IN4O6S/c1-3-33-22(32)20-12(2)26-23(35)27-21(20)14-6-4-5-7-18(14)34-11-19(31)28-25-10-13-8-15(24)17(30)9-16(13)29/h4-10,21,29-30H,3,11H2,1-2H3,(H,28,31)(H2,26,27,35)/t21-/m0/s1. The zero-order chi connectivity index (χ0) is 25.5. The van der Waals surface area contributed by atoms with Crippen molar-refractivity contribution in [1.29, 1.82) is 0 Å². The molecule has 10 nitrogen and oxygen atoms in total. The predicted molar refractivity (Wildman–Crippen MR) is 141 cm³/mol. The monoisotopic (exact) mass is 610 g/mol. The minimum absolute atomic E-state index is 0.0588. The molecule has 5 N–H and O–H groups in total. The lowest BCUT2D eigenvalue weighted by molar-refractivity contribution is -0.139. The van der Waals surface area contributed by atoms with Gasteiger partial charge < -0.3 is 30.3 Å². The van der Waals surface area contributed by atoms with Gasteiger partial charge in [0.15, 0.2) is 11.7 Å². The molecule has 0 bridgehead atoms. The third-order valence-electron chi connectivity index (χ3n) is 4.84. The summed E-state index contributed by atoms with van der Waals surface area (Å²) < 4.78 is 11.4. The van der Waals surface area contributed by atoms with Crippen LogP contribution in [0, 0.1) is 3.57 Å². The molecule has 2 aromatic carbocycles. The highest BCUT2D eigenvalue weighted by Gasteiger charge is 2.32. The maximum absolute atomic E-state index is 12.6. The molecule has 0 aliphatic carbocycles. The number of phenolic OH excluding ortho intramolecular Hbond substituents is 2. The summed E-state index contributed by atoms with van der Waals surface area (Å²) in [5.74, 6) is -0.911. The largest absolute Gasteiger partial charge is 0.507 e. The fraction of sp³-hybridized carbons (Fsp3) is 0.217. The van der Waals surface area contributed by atoms with Crippen molar-refractivity contribution in [2.75, 3.05) is 13.2 Å². The van der Waals surface area contributed by atoms with E-state index >= 15 is 0 Å². The van der Waals surface area contributed by atoms with Crippen LogP contribution < -0.4 is 20.8 Å². The van der Waals surface area contributed by atoms with Crippen LogP contribution in [0.15, 0.2) is 52.8 Å². The number of phenols is 2. The summed E-state index contributed by atoms with van der Waals surface area (Å²) in [6.45, 7) is 3.31. The SMILES string of the molecule is CCOC(=O)C1=C(C)NC(=S)N[C@H]1c1ccccc1OCC(=O)NN=Cc1cc(I)c(O)cc1O. The highest BCUT2D eigenvalue weighted by Crippen LogP contribution is 2.33. The summed E-state index contributed by atoms with van der Waals surface area (Å²) in [4.78, 5) is 24.9. The summed E-state index contributed by atoms with van der Waals surface area (Å²) in [7, 11) is 0. The van der Waals surface area contributed by atoms with Gasteiger partial charge in [-0.05, 0) is 60.8 Å². The molecule has 1 atom stereocenters. The molecular formula is C23H23IN4O6S. The number of carbonyl (C=O) groups is 2. The fourth-order valence-corrected chi connectivity index (χ4v) is 4.04. The van der Waals surface area contributed by atoms with Crippen LogP contribution in [0.4, 0.5) is 0 Å². The van der Waals surface area contributed by atoms with E-state index in [2.05, 4.69) is 21.2 Å². The van der Waals surface area contributed by atoms with E-state index in [-0.39, 0.29) is 24.7 Å². The third kappa shape index (κ3) is 6.60. The van der Waals surface area contributed by atoms with Crippen LogP contribution in [0.5, 0.6) is 17.2 Å². The molecular weight excluding hydrogens is 587 g/mol. The van der Waals surface area contributed by atoms with Gasteiger partial charge in [0.2, 0.25) is 0 Å². The summed E-state index contributed by atoms with van der Waals surface area (Å²) in [6, 6.07) is 9.02.